The molecule has 0 aliphatic heterocycles. The molecule has 2 nitrogen and oxygen atoms in total. The normalized spacial score (nSPS) is 36.8. The van der Waals surface area contributed by atoms with Crippen LogP contribution in [0.25, 0.3) is 0 Å². The van der Waals surface area contributed by atoms with Crippen LogP contribution in [0, 0.1) is 11.3 Å². The maximum absolute atomic E-state index is 5.83. The van der Waals surface area contributed by atoms with Crippen LogP contribution in [0.2, 0.25) is 0 Å². The van der Waals surface area contributed by atoms with Crippen molar-refractivity contribution >= 4 is 0 Å². The molecule has 72 valence electrons. The zero-order valence-electron chi connectivity index (χ0n) is 8.40. The van der Waals surface area contributed by atoms with Crippen LogP contribution in [-0.2, 0) is 0 Å². The summed E-state index contributed by atoms with van der Waals surface area (Å²) in [4.78, 5) is 0. The molecule has 0 heterocycles. The number of hydrogen-bond acceptors (Lipinski definition) is 2. The second kappa shape index (κ2) is 4.24. The van der Waals surface area contributed by atoms with Crippen molar-refractivity contribution in [3.05, 3.63) is 0 Å². The third-order valence-electron chi connectivity index (χ3n) is 3.32. The van der Waals surface area contributed by atoms with Gasteiger partial charge in [0.15, 0.2) is 0 Å². The van der Waals surface area contributed by atoms with Crippen LogP contribution in [0.1, 0.15) is 32.6 Å². The number of rotatable bonds is 3. The van der Waals surface area contributed by atoms with E-state index >= 15 is 0 Å². The molecule has 0 spiro atoms. The second-order valence-corrected chi connectivity index (χ2v) is 4.42. The Hall–Kier alpha value is -0.0800. The summed E-state index contributed by atoms with van der Waals surface area (Å²) in [5.74, 6) is 0.918. The lowest BCUT2D eigenvalue weighted by Crippen LogP contribution is -2.41. The van der Waals surface area contributed by atoms with Gasteiger partial charge in [0.2, 0.25) is 0 Å². The van der Waals surface area contributed by atoms with E-state index in [1.54, 1.807) is 0 Å². The highest BCUT2D eigenvalue weighted by Crippen LogP contribution is 2.37. The van der Waals surface area contributed by atoms with Crippen molar-refractivity contribution < 1.29 is 0 Å². The Morgan fingerprint density at radius 3 is 2.42 bits per heavy atom. The molecule has 12 heavy (non-hydrogen) atoms. The minimum absolute atomic E-state index is 0.418. The van der Waals surface area contributed by atoms with Crippen molar-refractivity contribution in [2.24, 2.45) is 17.1 Å². The van der Waals surface area contributed by atoms with Crippen molar-refractivity contribution in [1.29, 1.82) is 0 Å². The maximum atomic E-state index is 5.83. The number of nitrogens with one attached hydrogen (secondary N) is 1. The lowest BCUT2D eigenvalue weighted by atomic mass is 9.71. The third kappa shape index (κ3) is 2.20. The molecule has 0 aromatic rings. The first kappa shape index (κ1) is 10.0. The van der Waals surface area contributed by atoms with E-state index in [0.29, 0.717) is 5.41 Å². The summed E-state index contributed by atoms with van der Waals surface area (Å²) < 4.78 is 0. The Labute approximate surface area is 75.9 Å². The van der Waals surface area contributed by atoms with E-state index in [9.17, 15) is 0 Å². The monoisotopic (exact) mass is 170 g/mol. The molecule has 1 aliphatic carbocycles. The second-order valence-electron chi connectivity index (χ2n) is 4.42. The number of hydrogen-bond donors (Lipinski definition) is 2. The van der Waals surface area contributed by atoms with Gasteiger partial charge in [-0.3, -0.25) is 0 Å². The predicted octanol–water partition coefficient (Wildman–Crippen LogP) is 1.36. The molecule has 3 N–H and O–H groups in total. The molecule has 0 amide bonds. The van der Waals surface area contributed by atoms with Gasteiger partial charge in [-0.25, -0.2) is 0 Å². The van der Waals surface area contributed by atoms with Crippen molar-refractivity contribution in [3.8, 4) is 0 Å². The largest absolute Gasteiger partial charge is 0.330 e. The molecule has 1 fully saturated rings. The van der Waals surface area contributed by atoms with Crippen molar-refractivity contribution in [2.45, 2.75) is 32.6 Å². The van der Waals surface area contributed by atoms with E-state index in [0.717, 1.165) is 19.0 Å². The molecule has 1 saturated carbocycles. The van der Waals surface area contributed by atoms with Crippen LogP contribution in [0.5, 0.6) is 0 Å². The van der Waals surface area contributed by atoms with Gasteiger partial charge < -0.3 is 11.1 Å². The highest BCUT2D eigenvalue weighted by molar-refractivity contribution is 4.86. The average molecular weight is 170 g/mol. The molecular weight excluding hydrogens is 148 g/mol. The zero-order valence-corrected chi connectivity index (χ0v) is 8.40. The summed E-state index contributed by atoms with van der Waals surface area (Å²) in [6, 6.07) is 0. The molecule has 2 heteroatoms. The van der Waals surface area contributed by atoms with Crippen LogP contribution in [0.4, 0.5) is 0 Å². The Morgan fingerprint density at radius 1 is 1.42 bits per heavy atom. The molecule has 0 saturated heterocycles. The van der Waals surface area contributed by atoms with Gasteiger partial charge in [-0.2, -0.15) is 0 Å². The van der Waals surface area contributed by atoms with Crippen LogP contribution < -0.4 is 11.1 Å². The van der Waals surface area contributed by atoms with Crippen LogP contribution >= 0.6 is 0 Å². The Morgan fingerprint density at radius 2 is 2.00 bits per heavy atom. The molecular formula is C10H22N2. The minimum Gasteiger partial charge on any atom is -0.330 e. The molecule has 0 radical (unpaired) electrons. The lowest BCUT2D eigenvalue weighted by Gasteiger charge is -2.38. The molecule has 1 aliphatic rings. The summed E-state index contributed by atoms with van der Waals surface area (Å²) in [6.45, 7) is 4.29. The van der Waals surface area contributed by atoms with Crippen molar-refractivity contribution in [1.82, 2.24) is 5.32 Å². The van der Waals surface area contributed by atoms with Crippen LogP contribution in [-0.4, -0.2) is 20.1 Å². The molecule has 1 rings (SSSR count). The summed E-state index contributed by atoms with van der Waals surface area (Å²) >= 11 is 0. The van der Waals surface area contributed by atoms with Crippen molar-refractivity contribution in [3.63, 3.8) is 0 Å². The van der Waals surface area contributed by atoms with Gasteiger partial charge in [0, 0.05) is 6.54 Å². The lowest BCUT2D eigenvalue weighted by molar-refractivity contribution is 0.163. The summed E-state index contributed by atoms with van der Waals surface area (Å²) in [7, 11) is 2.02. The fraction of sp³-hybridized carbons (Fsp3) is 1.00. The van der Waals surface area contributed by atoms with Gasteiger partial charge in [0.05, 0.1) is 0 Å². The van der Waals surface area contributed by atoms with E-state index in [1.165, 1.54) is 25.7 Å². The standard InChI is InChI=1S/C10H22N2/c1-9-3-5-10(7-11,6-4-9)8-12-2/h9,12H,3-8,11H2,1-2H3. The maximum Gasteiger partial charge on any atom is 0.00169 e. The highest BCUT2D eigenvalue weighted by Gasteiger charge is 2.31. The fourth-order valence-electron chi connectivity index (χ4n) is 2.20. The molecule has 0 bridgehead atoms. The zero-order chi connectivity index (χ0) is 9.03. The summed E-state index contributed by atoms with van der Waals surface area (Å²) in [6.07, 6.45) is 5.34. The van der Waals surface area contributed by atoms with E-state index in [2.05, 4.69) is 12.2 Å². The minimum atomic E-state index is 0.418. The smallest absolute Gasteiger partial charge is 0.00169 e. The highest BCUT2D eigenvalue weighted by atomic mass is 14.8. The number of nitrogens with two attached hydrogens (primary N) is 1. The quantitative estimate of drug-likeness (QED) is 0.671. The van der Waals surface area contributed by atoms with Crippen molar-refractivity contribution in [2.75, 3.05) is 20.1 Å². The topological polar surface area (TPSA) is 38.0 Å². The SMILES string of the molecule is CNCC1(CN)CCC(C)CC1. The first-order valence-corrected chi connectivity index (χ1v) is 5.07. The Bertz CT molecular complexity index is 126. The molecule has 0 unspecified atom stereocenters. The summed E-state index contributed by atoms with van der Waals surface area (Å²) in [5.41, 5.74) is 6.25. The van der Waals surface area contributed by atoms with Gasteiger partial charge in [-0.05, 0) is 37.8 Å². The first-order chi connectivity index (χ1) is 5.72. The molecule has 0 aromatic carbocycles. The van der Waals surface area contributed by atoms with E-state index in [1.807, 2.05) is 7.05 Å². The van der Waals surface area contributed by atoms with Crippen LogP contribution in [0.3, 0.4) is 0 Å². The molecule has 0 aromatic heterocycles. The van der Waals surface area contributed by atoms with E-state index in [4.69, 9.17) is 5.73 Å². The van der Waals surface area contributed by atoms with Gasteiger partial charge in [-0.1, -0.05) is 19.8 Å². The Balaban J connectivity index is 2.45. The first-order valence-electron chi connectivity index (χ1n) is 5.07. The van der Waals surface area contributed by atoms with Gasteiger partial charge in [0.1, 0.15) is 0 Å². The van der Waals surface area contributed by atoms with Crippen LogP contribution in [0.15, 0.2) is 0 Å². The predicted molar refractivity (Wildman–Crippen MR) is 53.0 cm³/mol. The van der Waals surface area contributed by atoms with E-state index in [-0.39, 0.29) is 0 Å². The molecule has 0 atom stereocenters. The Kier molecular flexibility index (Phi) is 3.53. The van der Waals surface area contributed by atoms with E-state index < -0.39 is 0 Å². The third-order valence-corrected chi connectivity index (χ3v) is 3.32. The summed E-state index contributed by atoms with van der Waals surface area (Å²) in [5, 5.41) is 3.26. The van der Waals surface area contributed by atoms with Gasteiger partial charge >= 0.3 is 0 Å². The fourth-order valence-corrected chi connectivity index (χ4v) is 2.20. The van der Waals surface area contributed by atoms with Gasteiger partial charge in [0.25, 0.3) is 0 Å². The average Bonchev–Trinajstić information content (AvgIpc) is 2.10. The van der Waals surface area contributed by atoms with Gasteiger partial charge in [-0.15, -0.1) is 0 Å².